The summed E-state index contributed by atoms with van der Waals surface area (Å²) in [4.78, 5) is 54.9. The number of fused-ring (bicyclic) bond motifs is 1. The molecule has 2 heterocycles. The van der Waals surface area contributed by atoms with Crippen molar-refractivity contribution in [2.45, 2.75) is 109 Å². The highest BCUT2D eigenvalue weighted by Gasteiger charge is 2.47. The molecular formula is C38H54FN3O8. The van der Waals surface area contributed by atoms with Crippen LogP contribution in [0.15, 0.2) is 28.7 Å². The number of methoxy groups -OCH3 is 1. The van der Waals surface area contributed by atoms with E-state index in [1.54, 1.807) is 57.0 Å². The number of halogens is 1. The van der Waals surface area contributed by atoms with Gasteiger partial charge in [0.05, 0.1) is 12.6 Å². The lowest BCUT2D eigenvalue weighted by Gasteiger charge is -2.37. The van der Waals surface area contributed by atoms with Crippen LogP contribution in [0.5, 0.6) is 0 Å². The maximum atomic E-state index is 14.2. The summed E-state index contributed by atoms with van der Waals surface area (Å²) in [6, 6.07) is 5.56. The fraction of sp³-hybridized carbons (Fsp3) is 0.684. The minimum atomic E-state index is -0.704. The van der Waals surface area contributed by atoms with Crippen molar-refractivity contribution in [1.82, 2.24) is 10.2 Å². The summed E-state index contributed by atoms with van der Waals surface area (Å²) >= 11 is 0. The minimum absolute atomic E-state index is 0.0160. The number of rotatable bonds is 12. The second-order valence-corrected chi connectivity index (χ2v) is 15.2. The molecule has 3 fully saturated rings. The number of carbonyl (C=O) groups excluding carboxylic acids is 4. The molecule has 1 aromatic carbocycles. The Kier molecular flexibility index (Phi) is 12.8. The van der Waals surface area contributed by atoms with Gasteiger partial charge in [0, 0.05) is 43.7 Å². The molecule has 3 aliphatic rings. The number of alkyl halides is 1. The van der Waals surface area contributed by atoms with Crippen LogP contribution in [-0.2, 0) is 23.8 Å². The van der Waals surface area contributed by atoms with Gasteiger partial charge in [-0.15, -0.1) is 0 Å². The van der Waals surface area contributed by atoms with E-state index < -0.39 is 36.4 Å². The number of hydrogen-bond acceptors (Lipinski definition) is 8. The zero-order chi connectivity index (χ0) is 35.8. The summed E-state index contributed by atoms with van der Waals surface area (Å²) in [6.45, 7) is 5.82. The van der Waals surface area contributed by atoms with Crippen LogP contribution in [-0.4, -0.2) is 80.0 Å². The predicted molar refractivity (Wildman–Crippen MR) is 186 cm³/mol. The molecule has 276 valence electrons. The van der Waals surface area contributed by atoms with Gasteiger partial charge in [-0.1, -0.05) is 32.1 Å². The molecule has 50 heavy (non-hydrogen) atoms. The SMILES string of the molecule is COCCCOC(=O)c1cc2cc(NC(=O)[C@@H]3[C@H](C4CCCCC4)CCN3C(=O)[C@H]3CC[C@H]([C@@H](CF)NC(=O)OC(C)(C)C)CC3)ccc2o1. The Labute approximate surface area is 294 Å². The molecule has 3 amide bonds. The summed E-state index contributed by atoms with van der Waals surface area (Å²) in [6.07, 6.45) is 8.65. The van der Waals surface area contributed by atoms with Gasteiger partial charge in [0.1, 0.15) is 23.9 Å². The molecule has 0 radical (unpaired) electrons. The highest BCUT2D eigenvalue weighted by Crippen LogP contribution is 2.41. The van der Waals surface area contributed by atoms with Gasteiger partial charge in [-0.25, -0.2) is 14.0 Å². The van der Waals surface area contributed by atoms with Gasteiger partial charge in [0.25, 0.3) is 0 Å². The lowest BCUT2D eigenvalue weighted by molar-refractivity contribution is -0.142. The van der Waals surface area contributed by atoms with E-state index in [2.05, 4.69) is 10.6 Å². The van der Waals surface area contributed by atoms with Crippen LogP contribution >= 0.6 is 0 Å². The highest BCUT2D eigenvalue weighted by atomic mass is 19.1. The average molecular weight is 700 g/mol. The van der Waals surface area contributed by atoms with E-state index in [1.807, 2.05) is 0 Å². The monoisotopic (exact) mass is 699 g/mol. The topological polar surface area (TPSA) is 136 Å². The molecule has 0 unspecified atom stereocenters. The minimum Gasteiger partial charge on any atom is -0.460 e. The fourth-order valence-electron chi connectivity index (χ4n) is 8.08. The molecule has 2 aliphatic carbocycles. The van der Waals surface area contributed by atoms with Crippen molar-refractivity contribution in [3.8, 4) is 0 Å². The van der Waals surface area contributed by atoms with Crippen LogP contribution in [0.2, 0.25) is 0 Å². The third-order valence-electron chi connectivity index (χ3n) is 10.5. The van der Waals surface area contributed by atoms with Gasteiger partial charge in [-0.2, -0.15) is 0 Å². The van der Waals surface area contributed by atoms with E-state index in [4.69, 9.17) is 18.6 Å². The number of nitrogens with zero attached hydrogens (tertiary/aromatic N) is 1. The summed E-state index contributed by atoms with van der Waals surface area (Å²) in [7, 11) is 1.59. The molecule has 2 aromatic rings. The highest BCUT2D eigenvalue weighted by molar-refractivity contribution is 6.00. The Morgan fingerprint density at radius 3 is 2.40 bits per heavy atom. The first-order valence-electron chi connectivity index (χ1n) is 18.3. The van der Waals surface area contributed by atoms with Gasteiger partial charge >= 0.3 is 12.1 Å². The van der Waals surface area contributed by atoms with Crippen molar-refractivity contribution in [3.63, 3.8) is 0 Å². The third-order valence-corrected chi connectivity index (χ3v) is 10.5. The molecule has 0 bridgehead atoms. The molecule has 1 aliphatic heterocycles. The number of ether oxygens (including phenoxy) is 3. The molecule has 1 aromatic heterocycles. The molecule has 11 nitrogen and oxygen atoms in total. The number of nitrogens with one attached hydrogen (secondary N) is 2. The standard InChI is InChI=1S/C38H54FN3O8/c1-38(2,3)50-37(46)41-30(23-39)25-11-13-26(14-12-25)35(44)42-18-17-29(24-9-6-5-7-10-24)33(42)34(43)40-28-15-16-31-27(21-28)22-32(49-31)36(45)48-20-8-19-47-4/h15-16,21-22,24-26,29-30,33H,5-14,17-20,23H2,1-4H3,(H,40,43)(H,41,46)/t25-,26-,29-,30+,33-/m0/s1. The van der Waals surface area contributed by atoms with E-state index in [0.717, 1.165) is 32.1 Å². The van der Waals surface area contributed by atoms with Gasteiger partial charge < -0.3 is 34.2 Å². The average Bonchev–Trinajstić information content (AvgIpc) is 3.73. The molecule has 2 N–H and O–H groups in total. The second-order valence-electron chi connectivity index (χ2n) is 15.2. The molecule has 0 spiro atoms. The van der Waals surface area contributed by atoms with Crippen LogP contribution in [0.25, 0.3) is 11.0 Å². The maximum Gasteiger partial charge on any atom is 0.407 e. The van der Waals surface area contributed by atoms with Crippen molar-refractivity contribution in [2.75, 3.05) is 38.9 Å². The zero-order valence-corrected chi connectivity index (χ0v) is 30.0. The van der Waals surface area contributed by atoms with Gasteiger partial charge in [-0.05, 0) is 94.9 Å². The molecule has 2 saturated carbocycles. The molecule has 5 rings (SSSR count). The number of esters is 1. The van der Waals surface area contributed by atoms with E-state index >= 15 is 0 Å². The van der Waals surface area contributed by atoms with Gasteiger partial charge in [-0.3, -0.25) is 9.59 Å². The van der Waals surface area contributed by atoms with Gasteiger partial charge in [0.15, 0.2) is 0 Å². The molecule has 1 saturated heterocycles. The zero-order valence-electron chi connectivity index (χ0n) is 30.0. The third kappa shape index (κ3) is 9.56. The number of alkyl carbamates (subject to hydrolysis) is 1. The largest absolute Gasteiger partial charge is 0.460 e. The van der Waals surface area contributed by atoms with E-state index in [-0.39, 0.29) is 41.9 Å². The van der Waals surface area contributed by atoms with Gasteiger partial charge in [0.2, 0.25) is 17.6 Å². The number of hydrogen-bond donors (Lipinski definition) is 2. The van der Waals surface area contributed by atoms with Crippen LogP contribution in [0.1, 0.15) is 102 Å². The first kappa shape index (κ1) is 37.6. The predicted octanol–water partition coefficient (Wildman–Crippen LogP) is 7.03. The van der Waals surface area contributed by atoms with E-state index in [1.165, 1.54) is 6.42 Å². The first-order valence-corrected chi connectivity index (χ1v) is 18.3. The Bertz CT molecular complexity index is 1470. The summed E-state index contributed by atoms with van der Waals surface area (Å²) in [5.41, 5.74) is 0.370. The van der Waals surface area contributed by atoms with Crippen LogP contribution in [0.4, 0.5) is 14.9 Å². The lowest BCUT2D eigenvalue weighted by Crippen LogP contribution is -2.50. The number of anilines is 1. The quantitative estimate of drug-likeness (QED) is 0.178. The van der Waals surface area contributed by atoms with Crippen molar-refractivity contribution >= 4 is 40.5 Å². The van der Waals surface area contributed by atoms with Crippen molar-refractivity contribution in [3.05, 3.63) is 30.0 Å². The first-order chi connectivity index (χ1) is 24.0. The summed E-state index contributed by atoms with van der Waals surface area (Å²) in [5, 5.41) is 6.43. The van der Waals surface area contributed by atoms with Crippen LogP contribution in [0.3, 0.4) is 0 Å². The van der Waals surface area contributed by atoms with E-state index in [0.29, 0.717) is 67.8 Å². The Balaban J connectivity index is 1.25. The summed E-state index contributed by atoms with van der Waals surface area (Å²) < 4.78 is 35.3. The lowest BCUT2D eigenvalue weighted by atomic mass is 9.76. The van der Waals surface area contributed by atoms with Crippen molar-refractivity contribution in [2.24, 2.45) is 23.7 Å². The Morgan fingerprint density at radius 2 is 1.72 bits per heavy atom. The Hall–Kier alpha value is -3.67. The normalized spacial score (nSPS) is 23.7. The number of benzene rings is 1. The van der Waals surface area contributed by atoms with E-state index in [9.17, 15) is 23.6 Å². The smallest absolute Gasteiger partial charge is 0.407 e. The number of furan rings is 1. The van der Waals surface area contributed by atoms with Crippen LogP contribution in [0, 0.1) is 23.7 Å². The molecular weight excluding hydrogens is 645 g/mol. The van der Waals surface area contributed by atoms with Crippen molar-refractivity contribution in [1.29, 1.82) is 0 Å². The Morgan fingerprint density at radius 1 is 0.980 bits per heavy atom. The second kappa shape index (κ2) is 17.0. The molecule has 3 atom stereocenters. The van der Waals surface area contributed by atoms with Crippen LogP contribution < -0.4 is 10.6 Å². The number of amides is 3. The summed E-state index contributed by atoms with van der Waals surface area (Å²) in [5.74, 6) is -0.611. The van der Waals surface area contributed by atoms with Crippen molar-refractivity contribution < 1.29 is 42.2 Å². The maximum absolute atomic E-state index is 14.2. The molecule has 12 heteroatoms. The fourth-order valence-corrected chi connectivity index (χ4v) is 8.08. The number of carbonyl (C=O) groups is 4. The number of likely N-dealkylation sites (tertiary alicyclic amines) is 1.